The summed E-state index contributed by atoms with van der Waals surface area (Å²) in [6.45, 7) is -0.343. The minimum Gasteiger partial charge on any atom is -0.468 e. The number of benzene rings is 1. The van der Waals surface area contributed by atoms with E-state index in [1.165, 1.54) is 0 Å². The number of amides is 1. The van der Waals surface area contributed by atoms with E-state index in [9.17, 15) is 23.2 Å². The monoisotopic (exact) mass is 347 g/mol. The summed E-state index contributed by atoms with van der Waals surface area (Å²) in [6, 6.07) is 1.59. The number of hydrogen-bond acceptors (Lipinski definition) is 4. The Morgan fingerprint density at radius 1 is 1.35 bits per heavy atom. The molecule has 2 rings (SSSR count). The zero-order valence-corrected chi connectivity index (χ0v) is 11.7. The molecule has 8 heteroatoms. The van der Waals surface area contributed by atoms with E-state index in [0.717, 1.165) is 24.1 Å². The standard InChI is InChI=1S/C12H8BrF2NO4/c1-20-12(19)5(13)4-16-9-7(15)3-2-6(14)8(9)10(17)11(16)18/h2-3,5H,4H2,1H3. The van der Waals surface area contributed by atoms with Gasteiger partial charge in [0.25, 0.3) is 11.7 Å². The number of ether oxygens (including phenoxy) is 1. The minimum atomic E-state index is -1.14. The van der Waals surface area contributed by atoms with Crippen LogP contribution in [0.1, 0.15) is 10.4 Å². The number of fused-ring (bicyclic) bond motifs is 1. The van der Waals surface area contributed by atoms with Gasteiger partial charge in [-0.25, -0.2) is 8.78 Å². The van der Waals surface area contributed by atoms with Crippen LogP contribution in [0.15, 0.2) is 12.1 Å². The highest BCUT2D eigenvalue weighted by molar-refractivity contribution is 9.10. The number of anilines is 1. The van der Waals surface area contributed by atoms with E-state index in [4.69, 9.17) is 0 Å². The highest BCUT2D eigenvalue weighted by Gasteiger charge is 2.41. The van der Waals surface area contributed by atoms with Gasteiger partial charge in [0, 0.05) is 6.54 Å². The van der Waals surface area contributed by atoms with Crippen LogP contribution < -0.4 is 4.90 Å². The summed E-state index contributed by atoms with van der Waals surface area (Å²) in [4.78, 5) is 34.5. The van der Waals surface area contributed by atoms with Crippen molar-refractivity contribution < 1.29 is 27.9 Å². The Labute approximate surface area is 120 Å². The molecule has 1 atom stereocenters. The van der Waals surface area contributed by atoms with Gasteiger partial charge in [-0.1, -0.05) is 15.9 Å². The molecule has 0 saturated heterocycles. The number of halogens is 3. The van der Waals surface area contributed by atoms with Gasteiger partial charge in [-0.15, -0.1) is 0 Å². The SMILES string of the molecule is COC(=O)C(Br)CN1C(=O)C(=O)c2c(F)ccc(F)c21. The largest absolute Gasteiger partial charge is 0.468 e. The lowest BCUT2D eigenvalue weighted by Crippen LogP contribution is -2.38. The summed E-state index contributed by atoms with van der Waals surface area (Å²) in [5, 5.41) is 0. The first-order valence-electron chi connectivity index (χ1n) is 5.44. The molecule has 0 N–H and O–H groups in total. The molecule has 0 saturated carbocycles. The molecular formula is C12H8BrF2NO4. The van der Waals surface area contributed by atoms with Crippen LogP contribution in [0.25, 0.3) is 0 Å². The maximum Gasteiger partial charge on any atom is 0.321 e. The summed E-state index contributed by atoms with van der Waals surface area (Å²) in [7, 11) is 1.14. The third-order valence-corrected chi connectivity index (χ3v) is 3.48. The van der Waals surface area contributed by atoms with Crippen molar-refractivity contribution in [2.45, 2.75) is 4.83 Å². The minimum absolute atomic E-state index is 0.343. The van der Waals surface area contributed by atoms with Crippen molar-refractivity contribution in [2.24, 2.45) is 0 Å². The second kappa shape index (κ2) is 5.28. The molecule has 0 radical (unpaired) electrons. The molecule has 1 aromatic carbocycles. The number of rotatable bonds is 3. The van der Waals surface area contributed by atoms with Gasteiger partial charge in [0.1, 0.15) is 16.5 Å². The predicted molar refractivity (Wildman–Crippen MR) is 67.8 cm³/mol. The van der Waals surface area contributed by atoms with Gasteiger partial charge in [-0.2, -0.15) is 0 Å². The average Bonchev–Trinajstić information content (AvgIpc) is 2.68. The Bertz CT molecular complexity index is 620. The molecule has 1 amide bonds. The van der Waals surface area contributed by atoms with Crippen molar-refractivity contribution in [3.05, 3.63) is 29.3 Å². The Balaban J connectivity index is 2.43. The average molecular weight is 348 g/mol. The molecule has 1 aliphatic heterocycles. The number of methoxy groups -OCH3 is 1. The lowest BCUT2D eigenvalue weighted by Gasteiger charge is -2.19. The van der Waals surface area contributed by atoms with E-state index in [0.29, 0.717) is 0 Å². The van der Waals surface area contributed by atoms with Gasteiger partial charge >= 0.3 is 5.97 Å². The predicted octanol–water partition coefficient (Wildman–Crippen LogP) is 1.43. The Hall–Kier alpha value is -1.83. The van der Waals surface area contributed by atoms with Crippen LogP contribution in [0.3, 0.4) is 0 Å². The molecule has 0 aromatic heterocycles. The molecule has 0 fully saturated rings. The third-order valence-electron chi connectivity index (χ3n) is 2.81. The molecule has 0 aliphatic carbocycles. The zero-order chi connectivity index (χ0) is 15.0. The summed E-state index contributed by atoms with van der Waals surface area (Å²) in [5.41, 5.74) is -1.06. The van der Waals surface area contributed by atoms with Crippen molar-refractivity contribution in [3.8, 4) is 0 Å². The number of carbonyl (C=O) groups excluding carboxylic acids is 3. The Morgan fingerprint density at radius 3 is 2.55 bits per heavy atom. The lowest BCUT2D eigenvalue weighted by molar-refractivity contribution is -0.139. The first kappa shape index (κ1) is 14.6. The fourth-order valence-electron chi connectivity index (χ4n) is 1.89. The number of nitrogens with zero attached hydrogens (tertiary/aromatic N) is 1. The second-order valence-electron chi connectivity index (χ2n) is 3.99. The van der Waals surface area contributed by atoms with Crippen molar-refractivity contribution >= 4 is 39.3 Å². The van der Waals surface area contributed by atoms with E-state index in [-0.39, 0.29) is 6.54 Å². The maximum absolute atomic E-state index is 13.8. The van der Waals surface area contributed by atoms with Crippen LogP contribution in [0.5, 0.6) is 0 Å². The Morgan fingerprint density at radius 2 is 1.95 bits per heavy atom. The van der Waals surface area contributed by atoms with Crippen molar-refractivity contribution in [1.82, 2.24) is 0 Å². The molecule has 106 valence electrons. The first-order chi connectivity index (χ1) is 9.38. The number of hydrogen-bond donors (Lipinski definition) is 0. The third kappa shape index (κ3) is 2.20. The first-order valence-corrected chi connectivity index (χ1v) is 6.36. The lowest BCUT2D eigenvalue weighted by atomic mass is 10.1. The summed E-state index contributed by atoms with van der Waals surface area (Å²) >= 11 is 2.96. The van der Waals surface area contributed by atoms with Crippen molar-refractivity contribution in [3.63, 3.8) is 0 Å². The van der Waals surface area contributed by atoms with Gasteiger partial charge in [0.2, 0.25) is 0 Å². The van der Waals surface area contributed by atoms with E-state index in [2.05, 4.69) is 20.7 Å². The normalized spacial score (nSPS) is 15.3. The van der Waals surface area contributed by atoms with Crippen LogP contribution in [0.2, 0.25) is 0 Å². The molecule has 20 heavy (non-hydrogen) atoms. The molecule has 1 aromatic rings. The highest BCUT2D eigenvalue weighted by atomic mass is 79.9. The smallest absolute Gasteiger partial charge is 0.321 e. The topological polar surface area (TPSA) is 63.7 Å². The number of Topliss-reactive ketones (excluding diaryl/α,β-unsaturated/α-hetero) is 1. The second-order valence-corrected chi connectivity index (χ2v) is 5.09. The maximum atomic E-state index is 13.8. The van der Waals surface area contributed by atoms with Gasteiger partial charge in [0.05, 0.1) is 18.4 Å². The van der Waals surface area contributed by atoms with Crippen LogP contribution in [-0.4, -0.2) is 36.1 Å². The van der Waals surface area contributed by atoms with Crippen LogP contribution in [-0.2, 0) is 14.3 Å². The fourth-order valence-corrected chi connectivity index (χ4v) is 2.37. The number of ketones is 1. The molecule has 1 unspecified atom stereocenters. The summed E-state index contributed by atoms with van der Waals surface area (Å²) in [5.74, 6) is -4.81. The van der Waals surface area contributed by atoms with Crippen molar-refractivity contribution in [1.29, 1.82) is 0 Å². The molecule has 5 nitrogen and oxygen atoms in total. The van der Waals surface area contributed by atoms with E-state index < -0.39 is 45.4 Å². The van der Waals surface area contributed by atoms with Gasteiger partial charge in [-0.3, -0.25) is 14.4 Å². The highest BCUT2D eigenvalue weighted by Crippen LogP contribution is 2.34. The van der Waals surface area contributed by atoms with E-state index >= 15 is 0 Å². The molecule has 0 spiro atoms. The van der Waals surface area contributed by atoms with E-state index in [1.807, 2.05) is 0 Å². The van der Waals surface area contributed by atoms with Crippen LogP contribution in [0, 0.1) is 11.6 Å². The van der Waals surface area contributed by atoms with Gasteiger partial charge in [-0.05, 0) is 12.1 Å². The zero-order valence-electron chi connectivity index (χ0n) is 10.2. The van der Waals surface area contributed by atoms with Crippen molar-refractivity contribution in [2.75, 3.05) is 18.6 Å². The van der Waals surface area contributed by atoms with Gasteiger partial charge < -0.3 is 9.64 Å². The fraction of sp³-hybridized carbons (Fsp3) is 0.250. The van der Waals surface area contributed by atoms with Crippen LogP contribution >= 0.6 is 15.9 Å². The van der Waals surface area contributed by atoms with E-state index in [1.54, 1.807) is 0 Å². The van der Waals surface area contributed by atoms with Gasteiger partial charge in [0.15, 0.2) is 0 Å². The molecule has 0 bridgehead atoms. The molecule has 1 heterocycles. The quantitative estimate of drug-likeness (QED) is 0.471. The van der Waals surface area contributed by atoms with Crippen LogP contribution in [0.4, 0.5) is 14.5 Å². The summed E-state index contributed by atoms with van der Waals surface area (Å²) < 4.78 is 31.8. The number of esters is 1. The Kier molecular flexibility index (Phi) is 3.85. The summed E-state index contributed by atoms with van der Waals surface area (Å²) in [6.07, 6.45) is 0. The molecule has 1 aliphatic rings. The number of carbonyl (C=O) groups is 3. The number of alkyl halides is 1. The molecular weight excluding hydrogens is 340 g/mol.